The van der Waals surface area contributed by atoms with E-state index in [9.17, 15) is 9.59 Å². The number of ether oxygens (including phenoxy) is 1. The maximum absolute atomic E-state index is 13.7. The zero-order valence-electron chi connectivity index (χ0n) is 19.0. The Bertz CT molecular complexity index is 1220. The molecule has 7 heteroatoms. The number of pyridine rings is 1. The number of likely N-dealkylation sites (tertiary alicyclic amines) is 1. The molecule has 3 aromatic rings. The Labute approximate surface area is 203 Å². The fourth-order valence-electron chi connectivity index (χ4n) is 5.30. The van der Waals surface area contributed by atoms with Gasteiger partial charge in [0.05, 0.1) is 7.11 Å². The number of anilines is 1. The number of aromatic nitrogens is 1. The first kappa shape index (κ1) is 22.4. The van der Waals surface area contributed by atoms with E-state index in [0.29, 0.717) is 46.6 Å². The van der Waals surface area contributed by atoms with Gasteiger partial charge in [-0.05, 0) is 66.3 Å². The minimum atomic E-state index is -1.22. The minimum absolute atomic E-state index is 0.00642. The molecule has 6 nitrogen and oxygen atoms in total. The van der Waals surface area contributed by atoms with Gasteiger partial charge < -0.3 is 15.0 Å². The SMILES string of the molecule is COc1ccccc1C1(CC(=O)N2CCC(c3ccncc3)CC2)C(=O)Nc2ccc(Cl)cc21. The van der Waals surface area contributed by atoms with Crippen LogP contribution in [0.15, 0.2) is 67.0 Å². The Morgan fingerprint density at radius 1 is 1.12 bits per heavy atom. The number of piperidine rings is 1. The molecule has 3 heterocycles. The number of amides is 2. The van der Waals surface area contributed by atoms with Crippen molar-refractivity contribution < 1.29 is 14.3 Å². The first-order valence-electron chi connectivity index (χ1n) is 11.5. The molecule has 0 saturated carbocycles. The summed E-state index contributed by atoms with van der Waals surface area (Å²) in [7, 11) is 1.57. The highest BCUT2D eigenvalue weighted by molar-refractivity contribution is 6.31. The number of nitrogens with zero attached hydrogens (tertiary/aromatic N) is 2. The summed E-state index contributed by atoms with van der Waals surface area (Å²) in [6.07, 6.45) is 5.39. The van der Waals surface area contributed by atoms with Crippen LogP contribution in [0.25, 0.3) is 0 Å². The number of carbonyl (C=O) groups excluding carboxylic acids is 2. The quantitative estimate of drug-likeness (QED) is 0.576. The molecule has 0 bridgehead atoms. The van der Waals surface area contributed by atoms with E-state index < -0.39 is 5.41 Å². The molecule has 0 aliphatic carbocycles. The van der Waals surface area contributed by atoms with E-state index in [1.165, 1.54) is 5.56 Å². The Morgan fingerprint density at radius 2 is 1.85 bits per heavy atom. The zero-order valence-corrected chi connectivity index (χ0v) is 19.7. The molecule has 0 radical (unpaired) electrons. The van der Waals surface area contributed by atoms with Crippen LogP contribution < -0.4 is 10.1 Å². The van der Waals surface area contributed by atoms with Crippen molar-refractivity contribution in [2.45, 2.75) is 30.6 Å². The van der Waals surface area contributed by atoms with Crippen LogP contribution in [-0.4, -0.2) is 41.9 Å². The van der Waals surface area contributed by atoms with Gasteiger partial charge in [-0.2, -0.15) is 0 Å². The summed E-state index contributed by atoms with van der Waals surface area (Å²) in [5.74, 6) is 0.676. The predicted octanol–water partition coefficient (Wildman–Crippen LogP) is 4.78. The largest absolute Gasteiger partial charge is 0.496 e. The summed E-state index contributed by atoms with van der Waals surface area (Å²) in [6, 6.07) is 16.8. The van der Waals surface area contributed by atoms with E-state index >= 15 is 0 Å². The minimum Gasteiger partial charge on any atom is -0.496 e. The van der Waals surface area contributed by atoms with Crippen LogP contribution >= 0.6 is 11.6 Å². The van der Waals surface area contributed by atoms with Crippen molar-refractivity contribution in [2.24, 2.45) is 0 Å². The fraction of sp³-hybridized carbons (Fsp3) is 0.296. The van der Waals surface area contributed by atoms with Crippen molar-refractivity contribution in [2.75, 3.05) is 25.5 Å². The van der Waals surface area contributed by atoms with Gasteiger partial charge in [-0.1, -0.05) is 29.8 Å². The average molecular weight is 476 g/mol. The van der Waals surface area contributed by atoms with Gasteiger partial charge in [-0.15, -0.1) is 0 Å². The summed E-state index contributed by atoms with van der Waals surface area (Å²) < 4.78 is 5.62. The number of nitrogens with one attached hydrogen (secondary N) is 1. The molecule has 0 spiro atoms. The molecule has 2 aliphatic rings. The normalized spacial score (nSPS) is 20.1. The van der Waals surface area contributed by atoms with Gasteiger partial charge >= 0.3 is 0 Å². The highest BCUT2D eigenvalue weighted by Gasteiger charge is 2.52. The van der Waals surface area contributed by atoms with E-state index in [1.807, 2.05) is 53.7 Å². The standard InChI is InChI=1S/C27H26ClN3O3/c1-34-24-5-3-2-4-21(24)27(22-16-20(28)6-7-23(22)30-26(27)33)17-25(32)31-14-10-19(11-15-31)18-8-12-29-13-9-18/h2-9,12-13,16,19H,10-11,14-15,17H2,1H3,(H,30,33). The Morgan fingerprint density at radius 3 is 2.59 bits per heavy atom. The number of para-hydroxylation sites is 1. The molecule has 2 amide bonds. The lowest BCUT2D eigenvalue weighted by Gasteiger charge is -2.35. The van der Waals surface area contributed by atoms with Crippen molar-refractivity contribution >= 4 is 29.1 Å². The summed E-state index contributed by atoms with van der Waals surface area (Å²) in [5.41, 5.74) is 2.08. The Kier molecular flexibility index (Phi) is 6.00. The van der Waals surface area contributed by atoms with Gasteiger partial charge in [0, 0.05) is 48.2 Å². The van der Waals surface area contributed by atoms with E-state index in [2.05, 4.69) is 10.3 Å². The third kappa shape index (κ3) is 3.82. The van der Waals surface area contributed by atoms with Crippen LogP contribution in [0, 0.1) is 0 Å². The van der Waals surface area contributed by atoms with Crippen LogP contribution in [0.2, 0.25) is 5.02 Å². The highest BCUT2D eigenvalue weighted by atomic mass is 35.5. The van der Waals surface area contributed by atoms with Crippen molar-refractivity contribution in [1.82, 2.24) is 9.88 Å². The first-order valence-corrected chi connectivity index (χ1v) is 11.8. The van der Waals surface area contributed by atoms with Crippen molar-refractivity contribution in [3.63, 3.8) is 0 Å². The van der Waals surface area contributed by atoms with Gasteiger partial charge in [0.25, 0.3) is 0 Å². The van der Waals surface area contributed by atoms with Crippen LogP contribution in [0.3, 0.4) is 0 Å². The van der Waals surface area contributed by atoms with Crippen LogP contribution in [0.5, 0.6) is 5.75 Å². The fourth-order valence-corrected chi connectivity index (χ4v) is 5.47. The maximum atomic E-state index is 13.7. The molecule has 1 aromatic heterocycles. The molecule has 5 rings (SSSR count). The first-order chi connectivity index (χ1) is 16.5. The molecular formula is C27H26ClN3O3. The van der Waals surface area contributed by atoms with E-state index in [4.69, 9.17) is 16.3 Å². The topological polar surface area (TPSA) is 71.5 Å². The number of halogens is 1. The van der Waals surface area contributed by atoms with E-state index in [-0.39, 0.29) is 18.2 Å². The molecule has 174 valence electrons. The highest BCUT2D eigenvalue weighted by Crippen LogP contribution is 2.49. The third-order valence-electron chi connectivity index (χ3n) is 7.09. The van der Waals surface area contributed by atoms with Gasteiger partial charge in [0.15, 0.2) is 0 Å². The number of benzene rings is 2. The molecule has 34 heavy (non-hydrogen) atoms. The lowest BCUT2D eigenvalue weighted by molar-refractivity contribution is -0.135. The number of carbonyl (C=O) groups is 2. The Hall–Kier alpha value is -3.38. The van der Waals surface area contributed by atoms with Crippen molar-refractivity contribution in [3.8, 4) is 5.75 Å². The second kappa shape index (κ2) is 9.11. The van der Waals surface area contributed by atoms with E-state index in [0.717, 1.165) is 12.8 Å². The summed E-state index contributed by atoms with van der Waals surface area (Å²) in [4.78, 5) is 33.3. The number of rotatable bonds is 5. The second-order valence-corrected chi connectivity index (χ2v) is 9.30. The van der Waals surface area contributed by atoms with Crippen LogP contribution in [0.4, 0.5) is 5.69 Å². The summed E-state index contributed by atoms with van der Waals surface area (Å²) in [6.45, 7) is 1.30. The lowest BCUT2D eigenvalue weighted by Crippen LogP contribution is -2.45. The summed E-state index contributed by atoms with van der Waals surface area (Å²) in [5, 5.41) is 3.49. The maximum Gasteiger partial charge on any atom is 0.240 e. The monoisotopic (exact) mass is 475 g/mol. The number of methoxy groups -OCH3 is 1. The molecule has 1 N–H and O–H groups in total. The molecule has 1 fully saturated rings. The average Bonchev–Trinajstić information content (AvgIpc) is 3.15. The third-order valence-corrected chi connectivity index (χ3v) is 7.32. The molecular weight excluding hydrogens is 450 g/mol. The smallest absolute Gasteiger partial charge is 0.240 e. The lowest BCUT2D eigenvalue weighted by atomic mass is 9.72. The molecule has 1 unspecified atom stereocenters. The molecule has 2 aromatic carbocycles. The van der Waals surface area contributed by atoms with Crippen molar-refractivity contribution in [3.05, 3.63) is 88.7 Å². The number of hydrogen-bond acceptors (Lipinski definition) is 4. The van der Waals surface area contributed by atoms with E-state index in [1.54, 1.807) is 25.3 Å². The van der Waals surface area contributed by atoms with Crippen molar-refractivity contribution in [1.29, 1.82) is 0 Å². The molecule has 2 aliphatic heterocycles. The van der Waals surface area contributed by atoms with Gasteiger partial charge in [-0.3, -0.25) is 14.6 Å². The predicted molar refractivity (Wildman–Crippen MR) is 131 cm³/mol. The molecule has 1 atom stereocenters. The second-order valence-electron chi connectivity index (χ2n) is 8.86. The zero-order chi connectivity index (χ0) is 23.7. The van der Waals surface area contributed by atoms with Gasteiger partial charge in [0.1, 0.15) is 11.2 Å². The number of fused-ring (bicyclic) bond motifs is 1. The van der Waals surface area contributed by atoms with Crippen LogP contribution in [-0.2, 0) is 15.0 Å². The van der Waals surface area contributed by atoms with Crippen LogP contribution in [0.1, 0.15) is 41.9 Å². The Balaban J connectivity index is 1.47. The number of hydrogen-bond donors (Lipinski definition) is 1. The summed E-state index contributed by atoms with van der Waals surface area (Å²) >= 11 is 6.35. The molecule has 1 saturated heterocycles. The van der Waals surface area contributed by atoms with Gasteiger partial charge in [0.2, 0.25) is 11.8 Å². The van der Waals surface area contributed by atoms with Gasteiger partial charge in [-0.25, -0.2) is 0 Å².